The molecule has 1 aromatic rings. The third-order valence-corrected chi connectivity index (χ3v) is 5.13. The van der Waals surface area contributed by atoms with Crippen LogP contribution in [-0.4, -0.2) is 19.2 Å². The lowest BCUT2D eigenvalue weighted by atomic mass is 9.79. The summed E-state index contributed by atoms with van der Waals surface area (Å²) in [5.74, 6) is 0.794. The van der Waals surface area contributed by atoms with Crippen LogP contribution < -0.4 is 10.1 Å². The van der Waals surface area contributed by atoms with Crippen molar-refractivity contribution in [1.82, 2.24) is 0 Å². The number of rotatable bonds is 7. The first-order valence-electron chi connectivity index (χ1n) is 9.37. The summed E-state index contributed by atoms with van der Waals surface area (Å²) in [6.07, 6.45) is 2.24. The van der Waals surface area contributed by atoms with Crippen molar-refractivity contribution in [2.24, 2.45) is 11.8 Å². The molecule has 1 amide bonds. The van der Waals surface area contributed by atoms with E-state index in [0.717, 1.165) is 31.6 Å². The maximum Gasteiger partial charge on any atom is 0.393 e. The highest BCUT2D eigenvalue weighted by atomic mass is 19.4. The number of nitrogens with one attached hydrogen (secondary N) is 1. The van der Waals surface area contributed by atoms with E-state index in [0.29, 0.717) is 5.69 Å². The lowest BCUT2D eigenvalue weighted by molar-refractivity contribution is -0.127. The van der Waals surface area contributed by atoms with E-state index in [1.165, 1.54) is 44.6 Å². The molecule has 1 aliphatic rings. The third-order valence-electron chi connectivity index (χ3n) is 5.13. The number of alkyl halides is 3. The Morgan fingerprint density at radius 3 is 2.50 bits per heavy atom. The molecule has 0 unspecified atom stereocenters. The van der Waals surface area contributed by atoms with Gasteiger partial charge in [0.2, 0.25) is 5.91 Å². The number of methoxy groups -OCH3 is 1. The Hall–Kier alpha value is -1.72. The molecule has 0 spiro atoms. The zero-order chi connectivity index (χ0) is 19.2. The Balaban J connectivity index is 1.93. The van der Waals surface area contributed by atoms with Gasteiger partial charge in [-0.3, -0.25) is 4.79 Å². The highest BCUT2D eigenvalue weighted by molar-refractivity contribution is 5.92. The molecule has 1 fully saturated rings. The van der Waals surface area contributed by atoms with Crippen molar-refractivity contribution in [2.75, 3.05) is 12.4 Å². The quantitative estimate of drug-likeness (QED) is 0.664. The molecule has 0 heterocycles. The number of amides is 1. The molecule has 2 rings (SSSR count). The summed E-state index contributed by atoms with van der Waals surface area (Å²) in [4.78, 5) is 12.5. The topological polar surface area (TPSA) is 38.3 Å². The Kier molecular flexibility index (Phi) is 7.35. The SMILES string of the molecule is CCCCC1CCC(C(=O)Nc2ccc(CC(F)(F)F)c(OC)c2)CC1. The molecule has 1 saturated carbocycles. The van der Waals surface area contributed by atoms with Gasteiger partial charge >= 0.3 is 6.18 Å². The highest BCUT2D eigenvalue weighted by Gasteiger charge is 2.30. The first kappa shape index (κ1) is 20.6. The molecular weight excluding hydrogens is 343 g/mol. The molecule has 26 heavy (non-hydrogen) atoms. The van der Waals surface area contributed by atoms with Gasteiger partial charge in [-0.1, -0.05) is 32.3 Å². The molecule has 1 N–H and O–H groups in total. The Labute approximate surface area is 153 Å². The summed E-state index contributed by atoms with van der Waals surface area (Å²) in [6, 6.07) is 4.34. The fourth-order valence-electron chi connectivity index (χ4n) is 3.63. The van der Waals surface area contributed by atoms with Crippen molar-refractivity contribution in [1.29, 1.82) is 0 Å². The predicted octanol–water partition coefficient (Wildman–Crippen LogP) is 5.74. The summed E-state index contributed by atoms with van der Waals surface area (Å²) >= 11 is 0. The van der Waals surface area contributed by atoms with E-state index in [4.69, 9.17) is 4.74 Å². The number of carbonyl (C=O) groups is 1. The van der Waals surface area contributed by atoms with Crippen LogP contribution in [0.25, 0.3) is 0 Å². The number of halogens is 3. The predicted molar refractivity (Wildman–Crippen MR) is 96.4 cm³/mol. The van der Waals surface area contributed by atoms with Crippen molar-refractivity contribution in [3.63, 3.8) is 0 Å². The summed E-state index contributed by atoms with van der Waals surface area (Å²) in [6.45, 7) is 2.19. The van der Waals surface area contributed by atoms with Gasteiger partial charge in [-0.25, -0.2) is 0 Å². The molecule has 0 radical (unpaired) electrons. The smallest absolute Gasteiger partial charge is 0.393 e. The van der Waals surface area contributed by atoms with Crippen LogP contribution in [0.3, 0.4) is 0 Å². The number of carbonyl (C=O) groups excluding carboxylic acids is 1. The first-order chi connectivity index (χ1) is 12.3. The van der Waals surface area contributed by atoms with Crippen LogP contribution in [-0.2, 0) is 11.2 Å². The van der Waals surface area contributed by atoms with Crippen molar-refractivity contribution >= 4 is 11.6 Å². The summed E-state index contributed by atoms with van der Waals surface area (Å²) in [5.41, 5.74) is 0.542. The van der Waals surface area contributed by atoms with E-state index in [1.807, 2.05) is 0 Å². The Bertz CT molecular complexity index is 593. The minimum absolute atomic E-state index is 0.0197. The standard InChI is InChI=1S/C20H28F3NO2/c1-3-4-5-14-6-8-15(9-7-14)19(25)24-17-11-10-16(13-20(21,22)23)18(12-17)26-2/h10-12,14-15H,3-9,13H2,1-2H3,(H,24,25). The molecule has 146 valence electrons. The van der Waals surface area contributed by atoms with Crippen molar-refractivity contribution < 1.29 is 22.7 Å². The van der Waals surface area contributed by atoms with E-state index in [1.54, 1.807) is 0 Å². The number of benzene rings is 1. The zero-order valence-electron chi connectivity index (χ0n) is 15.5. The van der Waals surface area contributed by atoms with Crippen LogP contribution in [0.4, 0.5) is 18.9 Å². The molecule has 1 aromatic carbocycles. The lowest BCUT2D eigenvalue weighted by Crippen LogP contribution is -2.27. The Morgan fingerprint density at radius 1 is 1.23 bits per heavy atom. The van der Waals surface area contributed by atoms with Gasteiger partial charge in [0.25, 0.3) is 0 Å². The van der Waals surface area contributed by atoms with Crippen LogP contribution >= 0.6 is 0 Å². The fraction of sp³-hybridized carbons (Fsp3) is 0.650. The van der Waals surface area contributed by atoms with Crippen molar-refractivity contribution in [2.45, 2.75) is 64.5 Å². The molecule has 1 aliphatic carbocycles. The molecule has 0 bridgehead atoms. The van der Waals surface area contributed by atoms with Crippen LogP contribution in [0.1, 0.15) is 57.4 Å². The van der Waals surface area contributed by atoms with Crippen LogP contribution in [0.2, 0.25) is 0 Å². The van der Waals surface area contributed by atoms with Crippen LogP contribution in [0.5, 0.6) is 5.75 Å². The van der Waals surface area contributed by atoms with E-state index in [9.17, 15) is 18.0 Å². The molecule has 0 aromatic heterocycles. The number of ether oxygens (including phenoxy) is 1. The molecule has 3 nitrogen and oxygen atoms in total. The molecule has 0 saturated heterocycles. The van der Waals surface area contributed by atoms with Gasteiger partial charge in [-0.05, 0) is 37.7 Å². The van der Waals surface area contributed by atoms with Gasteiger partial charge in [0.15, 0.2) is 0 Å². The second-order valence-electron chi connectivity index (χ2n) is 7.17. The van der Waals surface area contributed by atoms with Crippen LogP contribution in [0.15, 0.2) is 18.2 Å². The van der Waals surface area contributed by atoms with E-state index in [-0.39, 0.29) is 23.1 Å². The number of hydrogen-bond acceptors (Lipinski definition) is 2. The van der Waals surface area contributed by atoms with E-state index in [2.05, 4.69) is 12.2 Å². The lowest BCUT2D eigenvalue weighted by Gasteiger charge is -2.27. The normalized spacial score (nSPS) is 20.7. The van der Waals surface area contributed by atoms with Crippen molar-refractivity contribution in [3.05, 3.63) is 23.8 Å². The monoisotopic (exact) mass is 371 g/mol. The minimum Gasteiger partial charge on any atom is -0.496 e. The van der Waals surface area contributed by atoms with Gasteiger partial charge in [-0.15, -0.1) is 0 Å². The zero-order valence-corrected chi connectivity index (χ0v) is 15.5. The molecule has 6 heteroatoms. The van der Waals surface area contributed by atoms with Gasteiger partial charge in [0.05, 0.1) is 13.5 Å². The first-order valence-corrected chi connectivity index (χ1v) is 9.37. The maximum absolute atomic E-state index is 12.6. The van der Waals surface area contributed by atoms with E-state index >= 15 is 0 Å². The van der Waals surface area contributed by atoms with Crippen LogP contribution in [0, 0.1) is 11.8 Å². The summed E-state index contributed by atoms with van der Waals surface area (Å²) in [7, 11) is 1.33. The Morgan fingerprint density at radius 2 is 1.92 bits per heavy atom. The second kappa shape index (κ2) is 9.28. The van der Waals surface area contributed by atoms with Gasteiger partial charge in [-0.2, -0.15) is 13.2 Å². The number of hydrogen-bond donors (Lipinski definition) is 1. The fourth-order valence-corrected chi connectivity index (χ4v) is 3.63. The number of anilines is 1. The van der Waals surface area contributed by atoms with E-state index < -0.39 is 12.6 Å². The second-order valence-corrected chi connectivity index (χ2v) is 7.17. The largest absolute Gasteiger partial charge is 0.496 e. The van der Waals surface area contributed by atoms with Gasteiger partial charge < -0.3 is 10.1 Å². The average Bonchev–Trinajstić information content (AvgIpc) is 2.60. The molecular formula is C20H28F3NO2. The summed E-state index contributed by atoms with van der Waals surface area (Å²) < 4.78 is 42.8. The molecule has 0 aliphatic heterocycles. The third kappa shape index (κ3) is 6.22. The van der Waals surface area contributed by atoms with Gasteiger partial charge in [0.1, 0.15) is 5.75 Å². The minimum atomic E-state index is -4.30. The average molecular weight is 371 g/mol. The highest BCUT2D eigenvalue weighted by Crippen LogP contribution is 2.33. The molecule has 0 atom stereocenters. The number of unbranched alkanes of at least 4 members (excludes halogenated alkanes) is 1. The van der Waals surface area contributed by atoms with Gasteiger partial charge in [0, 0.05) is 23.2 Å². The summed E-state index contributed by atoms with van der Waals surface area (Å²) in [5, 5.41) is 2.83. The van der Waals surface area contributed by atoms with Crippen molar-refractivity contribution in [3.8, 4) is 5.75 Å². The maximum atomic E-state index is 12.6.